The fourth-order valence-corrected chi connectivity index (χ4v) is 3.13. The van der Waals surface area contributed by atoms with Gasteiger partial charge < -0.3 is 4.74 Å². The zero-order valence-electron chi connectivity index (χ0n) is 10.8. The lowest BCUT2D eigenvalue weighted by Gasteiger charge is -2.08. The van der Waals surface area contributed by atoms with Crippen LogP contribution < -0.4 is 9.46 Å². The van der Waals surface area contributed by atoms with E-state index in [0.717, 1.165) is 10.0 Å². The summed E-state index contributed by atoms with van der Waals surface area (Å²) in [7, 11) is -1.98. The van der Waals surface area contributed by atoms with E-state index in [1.807, 2.05) is 24.3 Å². The zero-order chi connectivity index (χ0) is 14.6. The third-order valence-electron chi connectivity index (χ3n) is 2.73. The SMILES string of the molecule is COc1ccc(S(=O)(=O)NCc2cccc(Br)c2)cc1. The minimum atomic E-state index is -3.52. The van der Waals surface area contributed by atoms with Crippen LogP contribution in [0, 0.1) is 0 Å². The van der Waals surface area contributed by atoms with Gasteiger partial charge in [0.15, 0.2) is 0 Å². The molecule has 4 nitrogen and oxygen atoms in total. The Labute approximate surface area is 127 Å². The third-order valence-corrected chi connectivity index (χ3v) is 4.64. The van der Waals surface area contributed by atoms with Crippen LogP contribution in [-0.4, -0.2) is 15.5 Å². The summed E-state index contributed by atoms with van der Waals surface area (Å²) in [4.78, 5) is 0.216. The van der Waals surface area contributed by atoms with Crippen molar-refractivity contribution in [2.75, 3.05) is 7.11 Å². The van der Waals surface area contributed by atoms with E-state index < -0.39 is 10.0 Å². The van der Waals surface area contributed by atoms with E-state index in [0.29, 0.717) is 5.75 Å². The number of rotatable bonds is 5. The van der Waals surface area contributed by atoms with E-state index in [2.05, 4.69) is 20.7 Å². The molecule has 106 valence electrons. The van der Waals surface area contributed by atoms with Crippen molar-refractivity contribution in [2.24, 2.45) is 0 Å². The van der Waals surface area contributed by atoms with E-state index in [1.54, 1.807) is 12.1 Å². The fraction of sp³-hybridized carbons (Fsp3) is 0.143. The van der Waals surface area contributed by atoms with Gasteiger partial charge in [-0.15, -0.1) is 0 Å². The third kappa shape index (κ3) is 3.82. The predicted molar refractivity (Wildman–Crippen MR) is 81.2 cm³/mol. The highest BCUT2D eigenvalue weighted by atomic mass is 79.9. The molecule has 2 rings (SSSR count). The monoisotopic (exact) mass is 355 g/mol. The quantitative estimate of drug-likeness (QED) is 0.896. The normalized spacial score (nSPS) is 11.3. The summed E-state index contributed by atoms with van der Waals surface area (Å²) in [6.45, 7) is 0.244. The molecule has 0 bridgehead atoms. The van der Waals surface area contributed by atoms with E-state index in [4.69, 9.17) is 4.74 Å². The van der Waals surface area contributed by atoms with Gasteiger partial charge in [0.2, 0.25) is 10.0 Å². The second-order valence-electron chi connectivity index (χ2n) is 4.13. The Morgan fingerprint density at radius 3 is 2.45 bits per heavy atom. The molecule has 0 heterocycles. The lowest BCUT2D eigenvalue weighted by molar-refractivity contribution is 0.414. The molecule has 0 aliphatic heterocycles. The van der Waals surface area contributed by atoms with Crippen LogP contribution in [0.5, 0.6) is 5.75 Å². The first-order valence-electron chi connectivity index (χ1n) is 5.89. The molecular formula is C14H14BrNO3S. The average molecular weight is 356 g/mol. The number of sulfonamides is 1. The highest BCUT2D eigenvalue weighted by Crippen LogP contribution is 2.16. The van der Waals surface area contributed by atoms with Crippen molar-refractivity contribution in [1.29, 1.82) is 0 Å². The maximum atomic E-state index is 12.1. The van der Waals surface area contributed by atoms with Gasteiger partial charge in [0, 0.05) is 11.0 Å². The molecule has 0 atom stereocenters. The molecule has 0 saturated heterocycles. The van der Waals surface area contributed by atoms with Crippen molar-refractivity contribution < 1.29 is 13.2 Å². The Bertz CT molecular complexity index is 684. The Morgan fingerprint density at radius 1 is 1.15 bits per heavy atom. The molecule has 0 unspecified atom stereocenters. The fourth-order valence-electron chi connectivity index (χ4n) is 1.66. The molecule has 0 aliphatic carbocycles. The molecular weight excluding hydrogens is 342 g/mol. The van der Waals surface area contributed by atoms with Gasteiger partial charge in [0.25, 0.3) is 0 Å². The zero-order valence-corrected chi connectivity index (χ0v) is 13.2. The Morgan fingerprint density at radius 2 is 1.85 bits per heavy atom. The summed E-state index contributed by atoms with van der Waals surface area (Å²) in [6, 6.07) is 13.8. The molecule has 2 aromatic rings. The predicted octanol–water partition coefficient (Wildman–Crippen LogP) is 2.94. The molecule has 2 aromatic carbocycles. The van der Waals surface area contributed by atoms with Gasteiger partial charge in [-0.2, -0.15) is 0 Å². The summed E-state index contributed by atoms with van der Waals surface area (Å²) >= 11 is 3.35. The smallest absolute Gasteiger partial charge is 0.240 e. The molecule has 0 aliphatic rings. The molecule has 0 radical (unpaired) electrons. The van der Waals surface area contributed by atoms with Crippen LogP contribution >= 0.6 is 15.9 Å². The van der Waals surface area contributed by atoms with Crippen molar-refractivity contribution in [3.8, 4) is 5.75 Å². The molecule has 0 amide bonds. The van der Waals surface area contributed by atoms with E-state index >= 15 is 0 Å². The van der Waals surface area contributed by atoms with Gasteiger partial charge in [-0.1, -0.05) is 28.1 Å². The number of halogens is 1. The average Bonchev–Trinajstić information content (AvgIpc) is 2.45. The lowest BCUT2D eigenvalue weighted by atomic mass is 10.2. The number of hydrogen-bond acceptors (Lipinski definition) is 3. The van der Waals surface area contributed by atoms with Gasteiger partial charge in [0.05, 0.1) is 12.0 Å². The van der Waals surface area contributed by atoms with Crippen LogP contribution in [0.15, 0.2) is 57.9 Å². The summed E-state index contributed by atoms with van der Waals surface area (Å²) in [5, 5.41) is 0. The van der Waals surface area contributed by atoms with Crippen molar-refractivity contribution in [3.05, 3.63) is 58.6 Å². The van der Waals surface area contributed by atoms with Crippen LogP contribution in [0.4, 0.5) is 0 Å². The maximum absolute atomic E-state index is 12.1. The van der Waals surface area contributed by atoms with E-state index in [1.165, 1.54) is 19.2 Å². The van der Waals surface area contributed by atoms with Crippen molar-refractivity contribution in [1.82, 2.24) is 4.72 Å². The van der Waals surface area contributed by atoms with E-state index in [-0.39, 0.29) is 11.4 Å². The van der Waals surface area contributed by atoms with Crippen LogP contribution in [0.2, 0.25) is 0 Å². The van der Waals surface area contributed by atoms with Crippen molar-refractivity contribution in [3.63, 3.8) is 0 Å². The topological polar surface area (TPSA) is 55.4 Å². The number of methoxy groups -OCH3 is 1. The number of benzene rings is 2. The highest BCUT2D eigenvalue weighted by molar-refractivity contribution is 9.10. The highest BCUT2D eigenvalue weighted by Gasteiger charge is 2.13. The molecule has 0 aromatic heterocycles. The number of nitrogens with one attached hydrogen (secondary N) is 1. The first kappa shape index (κ1) is 15.0. The summed E-state index contributed by atoms with van der Waals surface area (Å²) in [6.07, 6.45) is 0. The van der Waals surface area contributed by atoms with Gasteiger partial charge in [-0.3, -0.25) is 0 Å². The molecule has 0 fully saturated rings. The summed E-state index contributed by atoms with van der Waals surface area (Å²) in [5.74, 6) is 0.621. The largest absolute Gasteiger partial charge is 0.497 e. The first-order chi connectivity index (χ1) is 9.51. The molecule has 0 spiro atoms. The lowest BCUT2D eigenvalue weighted by Crippen LogP contribution is -2.23. The van der Waals surface area contributed by atoms with Crippen LogP contribution in [-0.2, 0) is 16.6 Å². The van der Waals surface area contributed by atoms with Crippen molar-refractivity contribution in [2.45, 2.75) is 11.4 Å². The molecule has 6 heteroatoms. The Kier molecular flexibility index (Phi) is 4.80. The van der Waals surface area contributed by atoms with Crippen LogP contribution in [0.25, 0.3) is 0 Å². The van der Waals surface area contributed by atoms with Crippen LogP contribution in [0.1, 0.15) is 5.56 Å². The number of hydrogen-bond donors (Lipinski definition) is 1. The summed E-state index contributed by atoms with van der Waals surface area (Å²) in [5.41, 5.74) is 0.886. The second-order valence-corrected chi connectivity index (χ2v) is 6.81. The molecule has 20 heavy (non-hydrogen) atoms. The number of ether oxygens (including phenoxy) is 1. The molecule has 1 N–H and O–H groups in total. The van der Waals surface area contributed by atoms with Gasteiger partial charge in [-0.05, 0) is 42.0 Å². The summed E-state index contributed by atoms with van der Waals surface area (Å²) < 4.78 is 32.7. The standard InChI is InChI=1S/C14H14BrNO3S/c1-19-13-5-7-14(8-6-13)20(17,18)16-10-11-3-2-4-12(15)9-11/h2-9,16H,10H2,1H3. The van der Waals surface area contributed by atoms with Gasteiger partial charge in [-0.25, -0.2) is 13.1 Å². The second kappa shape index (κ2) is 6.39. The Balaban J connectivity index is 2.10. The van der Waals surface area contributed by atoms with Gasteiger partial charge in [0.1, 0.15) is 5.75 Å². The van der Waals surface area contributed by atoms with E-state index in [9.17, 15) is 8.42 Å². The van der Waals surface area contributed by atoms with Gasteiger partial charge >= 0.3 is 0 Å². The van der Waals surface area contributed by atoms with Crippen LogP contribution in [0.3, 0.4) is 0 Å². The maximum Gasteiger partial charge on any atom is 0.240 e. The first-order valence-corrected chi connectivity index (χ1v) is 8.17. The minimum absolute atomic E-state index is 0.216. The minimum Gasteiger partial charge on any atom is -0.497 e. The van der Waals surface area contributed by atoms with Crippen molar-refractivity contribution >= 4 is 26.0 Å². The molecule has 0 saturated carbocycles. The Hall–Kier alpha value is -1.37.